The van der Waals surface area contributed by atoms with Crippen molar-refractivity contribution in [1.82, 2.24) is 5.48 Å². The molecule has 5 nitrogen and oxygen atoms in total. The molecule has 0 heterocycles. The fourth-order valence-corrected chi connectivity index (χ4v) is 2.99. The minimum Gasteiger partial charge on any atom is -0.481 e. The van der Waals surface area contributed by atoms with Crippen molar-refractivity contribution in [3.05, 3.63) is 0 Å². The van der Waals surface area contributed by atoms with Gasteiger partial charge in [0.25, 0.3) is 0 Å². The second-order valence-electron chi connectivity index (χ2n) is 6.81. The van der Waals surface area contributed by atoms with Crippen molar-refractivity contribution < 1.29 is 19.9 Å². The first kappa shape index (κ1) is 22.9. The molecule has 0 aromatic carbocycles. The van der Waals surface area contributed by atoms with Crippen LogP contribution in [0.3, 0.4) is 0 Å². The zero-order valence-electron chi connectivity index (χ0n) is 15.4. The summed E-state index contributed by atoms with van der Waals surface area (Å²) >= 11 is 0. The van der Waals surface area contributed by atoms with Crippen LogP contribution < -0.4 is 5.48 Å². The highest BCUT2D eigenvalue weighted by Gasteiger charge is 2.20. The fourth-order valence-electron chi connectivity index (χ4n) is 2.99. The van der Waals surface area contributed by atoms with Crippen LogP contribution in [0.15, 0.2) is 0 Å². The van der Waals surface area contributed by atoms with Crippen LogP contribution in [0.25, 0.3) is 0 Å². The second kappa shape index (κ2) is 16.7. The van der Waals surface area contributed by atoms with Gasteiger partial charge in [-0.1, -0.05) is 90.4 Å². The molecule has 142 valence electrons. The smallest absolute Gasteiger partial charge is 0.307 e. The first-order chi connectivity index (χ1) is 11.6. The first-order valence-corrected chi connectivity index (χ1v) is 9.77. The predicted molar refractivity (Wildman–Crippen MR) is 96.0 cm³/mol. The molecule has 24 heavy (non-hydrogen) atoms. The lowest BCUT2D eigenvalue weighted by Gasteiger charge is -2.10. The molecule has 1 unspecified atom stereocenters. The van der Waals surface area contributed by atoms with Crippen LogP contribution in [-0.2, 0) is 9.59 Å². The number of carbonyl (C=O) groups excluding carboxylic acids is 1. The van der Waals surface area contributed by atoms with E-state index in [2.05, 4.69) is 6.92 Å². The standard InChI is InChI=1S/C19H37NO4/c1-2-3-4-5-6-7-8-9-10-11-12-13-14-15-17(19(22)23)16-18(21)20-24/h17,24H,2-16H2,1H3,(H,20,21)(H,22,23). The number of unbranched alkanes of at least 4 members (excludes halogenated alkanes) is 12. The van der Waals surface area contributed by atoms with Crippen LogP contribution in [0, 0.1) is 5.92 Å². The van der Waals surface area contributed by atoms with Crippen LogP contribution in [0.2, 0.25) is 0 Å². The minimum absolute atomic E-state index is 0.149. The van der Waals surface area contributed by atoms with Gasteiger partial charge in [-0.2, -0.15) is 0 Å². The molecule has 0 aromatic rings. The highest BCUT2D eigenvalue weighted by molar-refractivity contribution is 5.81. The lowest BCUT2D eigenvalue weighted by molar-refractivity contribution is -0.145. The highest BCUT2D eigenvalue weighted by Crippen LogP contribution is 2.16. The molecule has 0 radical (unpaired) electrons. The molecule has 0 aliphatic rings. The third-order valence-electron chi connectivity index (χ3n) is 4.56. The van der Waals surface area contributed by atoms with Crippen LogP contribution in [0.5, 0.6) is 0 Å². The van der Waals surface area contributed by atoms with Crippen LogP contribution in [0.4, 0.5) is 0 Å². The molecule has 1 amide bonds. The third-order valence-corrected chi connectivity index (χ3v) is 4.56. The molecular formula is C19H37NO4. The summed E-state index contributed by atoms with van der Waals surface area (Å²) in [6.45, 7) is 2.24. The Hall–Kier alpha value is -1.10. The number of amides is 1. The molecule has 0 fully saturated rings. The van der Waals surface area contributed by atoms with Crippen LogP contribution >= 0.6 is 0 Å². The Kier molecular flexibility index (Phi) is 16.0. The number of nitrogens with one attached hydrogen (secondary N) is 1. The molecule has 0 spiro atoms. The van der Waals surface area contributed by atoms with E-state index in [-0.39, 0.29) is 6.42 Å². The molecule has 0 saturated carbocycles. The molecule has 0 aliphatic carbocycles. The van der Waals surface area contributed by atoms with Crippen molar-refractivity contribution in [3.63, 3.8) is 0 Å². The van der Waals surface area contributed by atoms with E-state index in [1.807, 2.05) is 0 Å². The maximum atomic E-state index is 11.0. The molecule has 0 aliphatic heterocycles. The molecule has 0 bridgehead atoms. The lowest BCUT2D eigenvalue weighted by Crippen LogP contribution is -2.25. The second-order valence-corrected chi connectivity index (χ2v) is 6.81. The molecular weight excluding hydrogens is 306 g/mol. The van der Waals surface area contributed by atoms with Crippen molar-refractivity contribution in [3.8, 4) is 0 Å². The maximum absolute atomic E-state index is 11.0. The summed E-state index contributed by atoms with van der Waals surface area (Å²) in [5, 5.41) is 17.5. The van der Waals surface area contributed by atoms with E-state index in [1.54, 1.807) is 0 Å². The van der Waals surface area contributed by atoms with E-state index < -0.39 is 17.8 Å². The number of carboxylic acids is 1. The zero-order chi connectivity index (χ0) is 18.0. The highest BCUT2D eigenvalue weighted by atomic mass is 16.5. The van der Waals surface area contributed by atoms with Gasteiger partial charge in [0.15, 0.2) is 0 Å². The largest absolute Gasteiger partial charge is 0.481 e. The Balaban J connectivity index is 3.40. The van der Waals surface area contributed by atoms with Gasteiger partial charge < -0.3 is 5.11 Å². The van der Waals surface area contributed by atoms with Gasteiger partial charge >= 0.3 is 5.97 Å². The summed E-state index contributed by atoms with van der Waals surface area (Å²) < 4.78 is 0. The number of hydrogen-bond donors (Lipinski definition) is 3. The average molecular weight is 344 g/mol. The van der Waals surface area contributed by atoms with Crippen molar-refractivity contribution >= 4 is 11.9 Å². The summed E-state index contributed by atoms with van der Waals surface area (Å²) in [6.07, 6.45) is 16.6. The van der Waals surface area contributed by atoms with E-state index in [9.17, 15) is 9.59 Å². The zero-order valence-corrected chi connectivity index (χ0v) is 15.4. The summed E-state index contributed by atoms with van der Waals surface area (Å²) in [6, 6.07) is 0. The predicted octanol–water partition coefficient (Wildman–Crippen LogP) is 5.06. The summed E-state index contributed by atoms with van der Waals surface area (Å²) in [5.41, 5.74) is 1.50. The number of carbonyl (C=O) groups is 2. The Morgan fingerprint density at radius 3 is 1.58 bits per heavy atom. The number of aliphatic carboxylic acids is 1. The third kappa shape index (κ3) is 14.5. The monoisotopic (exact) mass is 343 g/mol. The van der Waals surface area contributed by atoms with Crippen LogP contribution in [-0.4, -0.2) is 22.2 Å². The van der Waals surface area contributed by atoms with E-state index in [0.29, 0.717) is 6.42 Å². The molecule has 1 atom stereocenters. The van der Waals surface area contributed by atoms with Gasteiger partial charge in [0.2, 0.25) is 5.91 Å². The van der Waals surface area contributed by atoms with Crippen molar-refractivity contribution in [2.45, 2.75) is 103 Å². The van der Waals surface area contributed by atoms with Gasteiger partial charge in [0, 0.05) is 6.42 Å². The van der Waals surface area contributed by atoms with E-state index >= 15 is 0 Å². The average Bonchev–Trinajstić information content (AvgIpc) is 2.57. The fraction of sp³-hybridized carbons (Fsp3) is 0.895. The number of hydrogen-bond acceptors (Lipinski definition) is 3. The number of rotatable bonds is 17. The van der Waals surface area contributed by atoms with Gasteiger partial charge in [-0.05, 0) is 6.42 Å². The number of hydroxylamine groups is 1. The summed E-state index contributed by atoms with van der Waals surface area (Å²) in [4.78, 5) is 22.1. The van der Waals surface area contributed by atoms with Gasteiger partial charge in [0.1, 0.15) is 0 Å². The van der Waals surface area contributed by atoms with E-state index in [4.69, 9.17) is 10.3 Å². The minimum atomic E-state index is -0.961. The van der Waals surface area contributed by atoms with Crippen molar-refractivity contribution in [2.75, 3.05) is 0 Å². The van der Waals surface area contributed by atoms with Gasteiger partial charge in [-0.15, -0.1) is 0 Å². The summed E-state index contributed by atoms with van der Waals surface area (Å²) in [5.74, 6) is -2.28. The molecule has 0 aromatic heterocycles. The lowest BCUT2D eigenvalue weighted by atomic mass is 9.97. The van der Waals surface area contributed by atoms with Crippen molar-refractivity contribution in [2.24, 2.45) is 5.92 Å². The SMILES string of the molecule is CCCCCCCCCCCCCCCC(CC(=O)NO)C(=O)O. The van der Waals surface area contributed by atoms with Crippen molar-refractivity contribution in [1.29, 1.82) is 0 Å². The van der Waals surface area contributed by atoms with Gasteiger partial charge in [0.05, 0.1) is 5.92 Å². The van der Waals surface area contributed by atoms with Gasteiger partial charge in [-0.25, -0.2) is 5.48 Å². The maximum Gasteiger partial charge on any atom is 0.307 e. The number of carboxylic acid groups (broad SMARTS) is 1. The van der Waals surface area contributed by atoms with E-state index in [1.165, 1.54) is 69.7 Å². The Morgan fingerprint density at radius 2 is 1.21 bits per heavy atom. The first-order valence-electron chi connectivity index (χ1n) is 9.77. The summed E-state index contributed by atoms with van der Waals surface area (Å²) in [7, 11) is 0. The molecule has 3 N–H and O–H groups in total. The molecule has 5 heteroatoms. The molecule has 0 saturated heterocycles. The van der Waals surface area contributed by atoms with E-state index in [0.717, 1.165) is 19.3 Å². The normalized spacial score (nSPS) is 12.1. The topological polar surface area (TPSA) is 86.6 Å². The Morgan fingerprint density at radius 1 is 0.792 bits per heavy atom. The molecule has 0 rings (SSSR count). The van der Waals surface area contributed by atoms with Crippen LogP contribution in [0.1, 0.15) is 103 Å². The van der Waals surface area contributed by atoms with Gasteiger partial charge in [-0.3, -0.25) is 14.8 Å². The Bertz CT molecular complexity index is 320. The quantitative estimate of drug-likeness (QED) is 0.196. The Labute approximate surface area is 147 Å².